The second-order valence-corrected chi connectivity index (χ2v) is 3.92. The molecule has 0 atom stereocenters. The van der Waals surface area contributed by atoms with Crippen molar-refractivity contribution in [2.75, 3.05) is 5.73 Å². The summed E-state index contributed by atoms with van der Waals surface area (Å²) in [5.74, 6) is -2.08. The van der Waals surface area contributed by atoms with Crippen LogP contribution in [0.1, 0.15) is 45.7 Å². The number of nitrogens with two attached hydrogens (primary N) is 1. The molecule has 0 amide bonds. The van der Waals surface area contributed by atoms with Crippen molar-refractivity contribution in [2.24, 2.45) is 0 Å². The van der Waals surface area contributed by atoms with Crippen molar-refractivity contribution in [3.63, 3.8) is 0 Å². The fourth-order valence-electron chi connectivity index (χ4n) is 2.04. The predicted octanol–water partition coefficient (Wildman–Crippen LogP) is 5.44. The zero-order chi connectivity index (χ0) is 17.4. The summed E-state index contributed by atoms with van der Waals surface area (Å²) in [6.45, 7) is 9.80. The summed E-state index contributed by atoms with van der Waals surface area (Å²) in [4.78, 5) is 0. The van der Waals surface area contributed by atoms with Gasteiger partial charge in [-0.1, -0.05) is 40.5 Å². The largest absolute Gasteiger partial charge is 0.399 e. The Hall–Kier alpha value is -2.15. The van der Waals surface area contributed by atoms with Gasteiger partial charge in [0.25, 0.3) is 0 Å². The molecule has 0 fully saturated rings. The van der Waals surface area contributed by atoms with Gasteiger partial charge in [-0.25, -0.2) is 13.2 Å². The van der Waals surface area contributed by atoms with Crippen molar-refractivity contribution in [1.82, 2.24) is 0 Å². The first-order valence-electron chi connectivity index (χ1n) is 7.36. The van der Waals surface area contributed by atoms with E-state index >= 15 is 0 Å². The molecule has 0 radical (unpaired) electrons. The van der Waals surface area contributed by atoms with Gasteiger partial charge < -0.3 is 5.73 Å². The van der Waals surface area contributed by atoms with E-state index in [0.29, 0.717) is 12.0 Å². The molecule has 0 spiro atoms. The van der Waals surface area contributed by atoms with Crippen LogP contribution in [-0.4, -0.2) is 0 Å². The second-order valence-electron chi connectivity index (χ2n) is 3.92. The van der Waals surface area contributed by atoms with Gasteiger partial charge in [0.1, 0.15) is 0 Å². The molecule has 0 aliphatic rings. The highest BCUT2D eigenvalue weighted by Crippen LogP contribution is 2.32. The SMILES string of the molecule is C#Cc1c(F)c(F)c(F)c2cc(N)cc(CC)c12.CC.CC. The number of fused-ring (bicyclic) bond motifs is 1. The number of anilines is 1. The molecule has 0 saturated heterocycles. The fourth-order valence-corrected chi connectivity index (χ4v) is 2.04. The van der Waals surface area contributed by atoms with Crippen molar-refractivity contribution >= 4 is 16.5 Å². The molecule has 2 rings (SSSR count). The van der Waals surface area contributed by atoms with Crippen molar-refractivity contribution in [2.45, 2.75) is 41.0 Å². The monoisotopic (exact) mass is 309 g/mol. The third-order valence-corrected chi connectivity index (χ3v) is 2.86. The number of benzene rings is 2. The maximum atomic E-state index is 13.7. The average molecular weight is 309 g/mol. The van der Waals surface area contributed by atoms with Gasteiger partial charge in [-0.3, -0.25) is 0 Å². The Balaban J connectivity index is 0.00000102. The Morgan fingerprint density at radius 2 is 1.55 bits per heavy atom. The van der Waals surface area contributed by atoms with Crippen molar-refractivity contribution in [3.05, 3.63) is 40.7 Å². The first-order valence-corrected chi connectivity index (χ1v) is 7.36. The van der Waals surface area contributed by atoms with E-state index in [1.54, 1.807) is 13.0 Å². The third-order valence-electron chi connectivity index (χ3n) is 2.86. The van der Waals surface area contributed by atoms with E-state index in [1.807, 2.05) is 27.7 Å². The van der Waals surface area contributed by atoms with E-state index in [-0.39, 0.29) is 22.0 Å². The molecule has 2 N–H and O–H groups in total. The summed E-state index contributed by atoms with van der Waals surface area (Å²) in [6, 6.07) is 2.84. The van der Waals surface area contributed by atoms with Crippen LogP contribution in [0.5, 0.6) is 0 Å². The molecule has 0 aromatic heterocycles. The quantitative estimate of drug-likeness (QED) is 0.424. The highest BCUT2D eigenvalue weighted by atomic mass is 19.2. The number of aryl methyl sites for hydroxylation is 1. The van der Waals surface area contributed by atoms with Crippen molar-refractivity contribution < 1.29 is 13.2 Å². The van der Waals surface area contributed by atoms with Crippen LogP contribution in [0.15, 0.2) is 12.1 Å². The Bertz CT molecular complexity index is 685. The number of rotatable bonds is 1. The minimum Gasteiger partial charge on any atom is -0.399 e. The molecule has 22 heavy (non-hydrogen) atoms. The molecule has 0 saturated carbocycles. The summed E-state index contributed by atoms with van der Waals surface area (Å²) in [5.41, 5.74) is 6.23. The van der Waals surface area contributed by atoms with Crippen LogP contribution < -0.4 is 5.73 Å². The van der Waals surface area contributed by atoms with E-state index in [9.17, 15) is 13.2 Å². The highest BCUT2D eigenvalue weighted by Gasteiger charge is 2.21. The van der Waals surface area contributed by atoms with E-state index in [2.05, 4.69) is 5.92 Å². The Kier molecular flexibility index (Phi) is 8.11. The summed E-state index contributed by atoms with van der Waals surface area (Å²) in [5, 5.41) is 0.129. The second kappa shape index (κ2) is 8.99. The van der Waals surface area contributed by atoms with Gasteiger partial charge in [-0.2, -0.15) is 0 Å². The number of hydrogen-bond donors (Lipinski definition) is 1. The predicted molar refractivity (Wildman–Crippen MR) is 88.2 cm³/mol. The minimum absolute atomic E-state index is 0.0845. The van der Waals surface area contributed by atoms with Gasteiger partial charge >= 0.3 is 0 Å². The highest BCUT2D eigenvalue weighted by molar-refractivity contribution is 5.94. The molecule has 0 aliphatic heterocycles. The third kappa shape index (κ3) is 3.54. The van der Waals surface area contributed by atoms with E-state index in [0.717, 1.165) is 0 Å². The van der Waals surface area contributed by atoms with Crippen molar-refractivity contribution in [3.8, 4) is 12.3 Å². The van der Waals surface area contributed by atoms with Crippen LogP contribution in [0.2, 0.25) is 0 Å². The molecular formula is C18H22F3N. The Morgan fingerprint density at radius 3 is 2.00 bits per heavy atom. The lowest BCUT2D eigenvalue weighted by atomic mass is 9.96. The minimum atomic E-state index is -1.57. The number of terminal acetylenes is 1. The molecule has 1 nitrogen and oxygen atoms in total. The summed E-state index contributed by atoms with van der Waals surface area (Å²) in [6.07, 6.45) is 5.67. The summed E-state index contributed by atoms with van der Waals surface area (Å²) in [7, 11) is 0. The van der Waals surface area contributed by atoms with E-state index in [1.165, 1.54) is 6.07 Å². The van der Waals surface area contributed by atoms with Crippen LogP contribution in [0.4, 0.5) is 18.9 Å². The van der Waals surface area contributed by atoms with Gasteiger partial charge in [-0.15, -0.1) is 6.42 Å². The maximum absolute atomic E-state index is 13.7. The molecule has 2 aromatic carbocycles. The van der Waals surface area contributed by atoms with Crippen LogP contribution in [0.25, 0.3) is 10.8 Å². The first-order chi connectivity index (χ1) is 10.5. The standard InChI is InChI=1S/C14H10F3N.2C2H6/c1-3-7-5-8(18)6-10-11(7)9(4-2)12(15)14(17)13(10)16;2*1-2/h2,5-6H,3,18H2,1H3;2*1-2H3. The molecular weight excluding hydrogens is 287 g/mol. The van der Waals surface area contributed by atoms with Crippen LogP contribution in [0.3, 0.4) is 0 Å². The maximum Gasteiger partial charge on any atom is 0.196 e. The Morgan fingerprint density at radius 1 is 1.00 bits per heavy atom. The lowest BCUT2D eigenvalue weighted by Gasteiger charge is -2.11. The van der Waals surface area contributed by atoms with Gasteiger partial charge in [-0.05, 0) is 24.1 Å². The van der Waals surface area contributed by atoms with Gasteiger partial charge in [0, 0.05) is 16.5 Å². The van der Waals surface area contributed by atoms with E-state index in [4.69, 9.17) is 12.2 Å². The molecule has 120 valence electrons. The van der Waals surface area contributed by atoms with Gasteiger partial charge in [0.05, 0.1) is 5.56 Å². The zero-order valence-electron chi connectivity index (χ0n) is 13.7. The smallest absolute Gasteiger partial charge is 0.196 e. The molecule has 0 aliphatic carbocycles. The zero-order valence-corrected chi connectivity index (χ0v) is 13.7. The van der Waals surface area contributed by atoms with Crippen LogP contribution in [0, 0.1) is 29.8 Å². The van der Waals surface area contributed by atoms with Crippen molar-refractivity contribution in [1.29, 1.82) is 0 Å². The van der Waals surface area contributed by atoms with Gasteiger partial charge in [0.15, 0.2) is 17.5 Å². The number of nitrogen functional groups attached to an aromatic ring is 1. The molecule has 4 heteroatoms. The number of hydrogen-bond acceptors (Lipinski definition) is 1. The van der Waals surface area contributed by atoms with Crippen LogP contribution in [-0.2, 0) is 6.42 Å². The fraction of sp³-hybridized carbons (Fsp3) is 0.333. The molecule has 2 aromatic rings. The van der Waals surface area contributed by atoms with E-state index < -0.39 is 17.5 Å². The lowest BCUT2D eigenvalue weighted by molar-refractivity contribution is 0.452. The first kappa shape index (κ1) is 19.9. The molecule has 0 heterocycles. The molecule has 0 bridgehead atoms. The summed E-state index contributed by atoms with van der Waals surface area (Å²) >= 11 is 0. The van der Waals surface area contributed by atoms with Crippen LogP contribution >= 0.6 is 0 Å². The van der Waals surface area contributed by atoms with Gasteiger partial charge in [0.2, 0.25) is 0 Å². The molecule has 0 unspecified atom stereocenters. The normalized spacial score (nSPS) is 9.23. The lowest BCUT2D eigenvalue weighted by Crippen LogP contribution is -2.01. The number of halogens is 3. The topological polar surface area (TPSA) is 26.0 Å². The summed E-state index contributed by atoms with van der Waals surface area (Å²) < 4.78 is 40.7. The average Bonchev–Trinajstić information content (AvgIpc) is 2.57. The Labute approximate surface area is 130 Å².